The maximum absolute atomic E-state index is 12.0. The molecule has 0 radical (unpaired) electrons. The van der Waals surface area contributed by atoms with Gasteiger partial charge in [0.05, 0.1) is 10.5 Å². The first-order valence-corrected chi connectivity index (χ1v) is 7.78. The van der Waals surface area contributed by atoms with Crippen LogP contribution < -0.4 is 10.5 Å². The number of benzene rings is 1. The van der Waals surface area contributed by atoms with Crippen LogP contribution in [0.15, 0.2) is 39.7 Å². The van der Waals surface area contributed by atoms with Gasteiger partial charge in [-0.05, 0) is 32.0 Å². The smallest absolute Gasteiger partial charge is 0.420 e. The fourth-order valence-electron chi connectivity index (χ4n) is 2.38. The molecule has 0 saturated heterocycles. The van der Waals surface area contributed by atoms with E-state index in [9.17, 15) is 9.59 Å². The molecule has 2 atom stereocenters. The van der Waals surface area contributed by atoms with Gasteiger partial charge in [0, 0.05) is 12.3 Å². The minimum Gasteiger partial charge on any atom is -0.483 e. The van der Waals surface area contributed by atoms with Crippen LogP contribution in [0.4, 0.5) is 0 Å². The molecule has 0 fully saturated rings. The molecule has 0 bridgehead atoms. The van der Waals surface area contributed by atoms with Gasteiger partial charge in [0.25, 0.3) is 0 Å². The van der Waals surface area contributed by atoms with Gasteiger partial charge in [0.1, 0.15) is 23.6 Å². The number of fused-ring (bicyclic) bond motifs is 1. The summed E-state index contributed by atoms with van der Waals surface area (Å²) in [6.45, 7) is 3.16. The molecule has 0 aliphatic carbocycles. The standard InChI is InChI=1S/C16H14ClN3O5/c1-8(15(21)22)20-12-6-10(17)13(7-14(12)25-16(20)23)24-9(2)11-4-3-5-18-19-11/h3-9H,1-2H3,(H,21,22). The molecule has 130 valence electrons. The zero-order valence-electron chi connectivity index (χ0n) is 13.3. The number of carbonyl (C=O) groups is 1. The molecule has 0 spiro atoms. The van der Waals surface area contributed by atoms with Gasteiger partial charge in [0.2, 0.25) is 0 Å². The largest absolute Gasteiger partial charge is 0.483 e. The molecule has 2 unspecified atom stereocenters. The van der Waals surface area contributed by atoms with Gasteiger partial charge in [-0.3, -0.25) is 4.57 Å². The maximum Gasteiger partial charge on any atom is 0.420 e. The van der Waals surface area contributed by atoms with E-state index in [4.69, 9.17) is 25.9 Å². The van der Waals surface area contributed by atoms with E-state index in [0.717, 1.165) is 4.57 Å². The Morgan fingerprint density at radius 1 is 1.40 bits per heavy atom. The molecule has 25 heavy (non-hydrogen) atoms. The van der Waals surface area contributed by atoms with Gasteiger partial charge in [-0.1, -0.05) is 11.6 Å². The fraction of sp³-hybridized carbons (Fsp3) is 0.250. The highest BCUT2D eigenvalue weighted by molar-refractivity contribution is 6.32. The SMILES string of the molecule is CC(Oc1cc2oc(=O)n(C(C)C(=O)O)c2cc1Cl)c1cccnn1. The topological polar surface area (TPSA) is 107 Å². The molecule has 9 heteroatoms. The third-order valence-corrected chi connectivity index (χ3v) is 4.02. The fourth-order valence-corrected chi connectivity index (χ4v) is 2.59. The lowest BCUT2D eigenvalue weighted by atomic mass is 10.2. The van der Waals surface area contributed by atoms with E-state index < -0.39 is 23.9 Å². The van der Waals surface area contributed by atoms with Crippen LogP contribution in [0.25, 0.3) is 11.1 Å². The van der Waals surface area contributed by atoms with Crippen molar-refractivity contribution < 1.29 is 19.1 Å². The summed E-state index contributed by atoms with van der Waals surface area (Å²) in [6, 6.07) is 5.31. The van der Waals surface area contributed by atoms with Crippen molar-refractivity contribution in [3.8, 4) is 5.75 Å². The quantitative estimate of drug-likeness (QED) is 0.742. The van der Waals surface area contributed by atoms with Crippen molar-refractivity contribution in [1.82, 2.24) is 14.8 Å². The van der Waals surface area contributed by atoms with E-state index >= 15 is 0 Å². The van der Waals surface area contributed by atoms with Crippen LogP contribution >= 0.6 is 11.6 Å². The molecule has 0 aliphatic heterocycles. The average Bonchev–Trinajstić information content (AvgIpc) is 2.90. The molecule has 1 N–H and O–H groups in total. The Bertz CT molecular complexity index is 983. The molecule has 3 aromatic rings. The number of hydrogen-bond acceptors (Lipinski definition) is 6. The van der Waals surface area contributed by atoms with E-state index in [0.29, 0.717) is 5.69 Å². The van der Waals surface area contributed by atoms with Crippen molar-refractivity contribution in [1.29, 1.82) is 0 Å². The second-order valence-corrected chi connectivity index (χ2v) is 5.82. The molecular formula is C16H14ClN3O5. The van der Waals surface area contributed by atoms with Crippen molar-refractivity contribution in [3.63, 3.8) is 0 Å². The molecule has 2 heterocycles. The van der Waals surface area contributed by atoms with Gasteiger partial charge in [0.15, 0.2) is 5.58 Å². The van der Waals surface area contributed by atoms with Gasteiger partial charge < -0.3 is 14.3 Å². The zero-order valence-corrected chi connectivity index (χ0v) is 14.1. The van der Waals surface area contributed by atoms with Crippen LogP contribution in [0.2, 0.25) is 5.02 Å². The highest BCUT2D eigenvalue weighted by atomic mass is 35.5. The summed E-state index contributed by atoms with van der Waals surface area (Å²) in [7, 11) is 0. The Kier molecular flexibility index (Phi) is 4.45. The van der Waals surface area contributed by atoms with Crippen LogP contribution in [-0.2, 0) is 4.79 Å². The van der Waals surface area contributed by atoms with Crippen molar-refractivity contribution in [2.75, 3.05) is 0 Å². The summed E-state index contributed by atoms with van der Waals surface area (Å²) in [5.41, 5.74) is 1.07. The van der Waals surface area contributed by atoms with E-state index in [1.165, 1.54) is 19.1 Å². The maximum atomic E-state index is 12.0. The van der Waals surface area contributed by atoms with Crippen LogP contribution in [0.3, 0.4) is 0 Å². The Hall–Kier alpha value is -2.87. The molecule has 0 aliphatic rings. The predicted octanol–water partition coefficient (Wildman–Crippen LogP) is 2.82. The molecule has 0 saturated carbocycles. The number of rotatable bonds is 5. The highest BCUT2D eigenvalue weighted by Crippen LogP contribution is 2.33. The lowest BCUT2D eigenvalue weighted by Gasteiger charge is -2.15. The predicted molar refractivity (Wildman–Crippen MR) is 88.9 cm³/mol. The highest BCUT2D eigenvalue weighted by Gasteiger charge is 2.22. The third-order valence-electron chi connectivity index (χ3n) is 3.72. The zero-order chi connectivity index (χ0) is 18.1. The van der Waals surface area contributed by atoms with Gasteiger partial charge in [-0.15, -0.1) is 0 Å². The number of carboxylic acid groups (broad SMARTS) is 1. The number of aromatic nitrogens is 3. The van der Waals surface area contributed by atoms with Crippen LogP contribution in [0.5, 0.6) is 5.75 Å². The van der Waals surface area contributed by atoms with Crippen molar-refractivity contribution >= 4 is 28.7 Å². The first-order chi connectivity index (χ1) is 11.9. The number of hydrogen-bond donors (Lipinski definition) is 1. The Labute approximate surface area is 146 Å². The number of oxazole rings is 1. The minimum atomic E-state index is -1.16. The summed E-state index contributed by atoms with van der Waals surface area (Å²) in [6.07, 6.45) is 1.12. The molecule has 0 amide bonds. The third kappa shape index (κ3) is 3.20. The summed E-state index contributed by atoms with van der Waals surface area (Å²) < 4.78 is 11.9. The second kappa shape index (κ2) is 6.56. The Morgan fingerprint density at radius 3 is 2.80 bits per heavy atom. The summed E-state index contributed by atoms with van der Waals surface area (Å²) >= 11 is 6.23. The second-order valence-electron chi connectivity index (χ2n) is 5.41. The molecular weight excluding hydrogens is 350 g/mol. The van der Waals surface area contributed by atoms with E-state index in [1.54, 1.807) is 25.3 Å². The van der Waals surface area contributed by atoms with Gasteiger partial charge >= 0.3 is 11.7 Å². The summed E-state index contributed by atoms with van der Waals surface area (Å²) in [5, 5.41) is 17.1. The van der Waals surface area contributed by atoms with Crippen molar-refractivity contribution in [2.45, 2.75) is 26.0 Å². The summed E-state index contributed by atoms with van der Waals surface area (Å²) in [4.78, 5) is 23.2. The lowest BCUT2D eigenvalue weighted by molar-refractivity contribution is -0.140. The Morgan fingerprint density at radius 2 is 2.16 bits per heavy atom. The van der Waals surface area contributed by atoms with Gasteiger partial charge in [-0.25, -0.2) is 9.59 Å². The number of carboxylic acids is 1. The van der Waals surface area contributed by atoms with Crippen molar-refractivity contribution in [2.24, 2.45) is 0 Å². The van der Waals surface area contributed by atoms with E-state index in [2.05, 4.69) is 10.2 Å². The molecule has 3 rings (SSSR count). The molecule has 1 aromatic carbocycles. The first kappa shape index (κ1) is 17.0. The van der Waals surface area contributed by atoms with Gasteiger partial charge in [-0.2, -0.15) is 10.2 Å². The molecule has 2 aromatic heterocycles. The minimum absolute atomic E-state index is 0.184. The Balaban J connectivity index is 2.00. The number of ether oxygens (including phenoxy) is 1. The number of nitrogens with zero attached hydrogens (tertiary/aromatic N) is 3. The van der Waals surface area contributed by atoms with Crippen LogP contribution in [-0.4, -0.2) is 25.8 Å². The number of aliphatic carboxylic acids is 1. The van der Waals surface area contributed by atoms with E-state index in [-0.39, 0.29) is 21.9 Å². The first-order valence-electron chi connectivity index (χ1n) is 7.40. The normalized spacial score (nSPS) is 13.6. The van der Waals surface area contributed by atoms with Crippen LogP contribution in [0, 0.1) is 0 Å². The summed E-state index contributed by atoms with van der Waals surface area (Å²) in [5.74, 6) is -1.64. The lowest BCUT2D eigenvalue weighted by Crippen LogP contribution is -2.24. The molecule has 8 nitrogen and oxygen atoms in total. The van der Waals surface area contributed by atoms with E-state index in [1.807, 2.05) is 0 Å². The monoisotopic (exact) mass is 363 g/mol. The van der Waals surface area contributed by atoms with Crippen LogP contribution in [0.1, 0.15) is 31.7 Å². The van der Waals surface area contributed by atoms with Crippen molar-refractivity contribution in [3.05, 3.63) is 51.7 Å². The average molecular weight is 364 g/mol. The number of halogens is 1.